The summed E-state index contributed by atoms with van der Waals surface area (Å²) in [5, 5.41) is 1.38. The third-order valence-corrected chi connectivity index (χ3v) is 5.47. The van der Waals surface area contributed by atoms with Crippen molar-refractivity contribution in [1.82, 2.24) is 9.47 Å². The van der Waals surface area contributed by atoms with Gasteiger partial charge in [0.1, 0.15) is 0 Å². The zero-order valence-electron chi connectivity index (χ0n) is 12.9. The molecule has 3 nitrogen and oxygen atoms in total. The Morgan fingerprint density at radius 1 is 1.24 bits per heavy atom. The Morgan fingerprint density at radius 3 is 2.86 bits per heavy atom. The van der Waals surface area contributed by atoms with Gasteiger partial charge in [0, 0.05) is 36.6 Å². The molecule has 3 heteroatoms. The number of hydrogen-bond donors (Lipinski definition) is 0. The van der Waals surface area contributed by atoms with Gasteiger partial charge in [0.15, 0.2) is 0 Å². The van der Waals surface area contributed by atoms with Gasteiger partial charge in [-0.05, 0) is 30.9 Å². The number of benzene rings is 1. The van der Waals surface area contributed by atoms with Crippen LogP contribution in [0.3, 0.4) is 0 Å². The molecule has 1 unspecified atom stereocenters. The van der Waals surface area contributed by atoms with E-state index in [1.165, 1.54) is 22.2 Å². The molecule has 1 aromatic carbocycles. The average Bonchev–Trinajstić information content (AvgIpc) is 2.98. The summed E-state index contributed by atoms with van der Waals surface area (Å²) in [6, 6.07) is 8.67. The van der Waals surface area contributed by atoms with Crippen LogP contribution in [0, 0.1) is 0 Å². The second kappa shape index (κ2) is 4.36. The highest BCUT2D eigenvalue weighted by Crippen LogP contribution is 2.49. The topological polar surface area (TPSA) is 25.2 Å². The largest absolute Gasteiger partial charge is 0.345 e. The van der Waals surface area contributed by atoms with Gasteiger partial charge in [-0.15, -0.1) is 0 Å². The van der Waals surface area contributed by atoms with E-state index in [2.05, 4.69) is 47.7 Å². The lowest BCUT2D eigenvalue weighted by Crippen LogP contribution is -2.48. The first-order chi connectivity index (χ1) is 10.2. The van der Waals surface area contributed by atoms with Crippen molar-refractivity contribution < 1.29 is 4.79 Å². The number of aromatic nitrogens is 1. The Balaban J connectivity index is 2.03. The second-order valence-corrected chi connectivity index (χ2v) is 6.48. The van der Waals surface area contributed by atoms with E-state index in [1.807, 2.05) is 0 Å². The molecule has 21 heavy (non-hydrogen) atoms. The normalized spacial score (nSPS) is 24.5. The summed E-state index contributed by atoms with van der Waals surface area (Å²) < 4.78 is 2.35. The van der Waals surface area contributed by atoms with Gasteiger partial charge in [-0.1, -0.05) is 31.5 Å². The number of carbonyl (C=O) groups is 1. The first kappa shape index (κ1) is 12.9. The number of nitrogens with zero attached hydrogens (tertiary/aromatic N) is 2. The van der Waals surface area contributed by atoms with Gasteiger partial charge in [-0.2, -0.15) is 0 Å². The van der Waals surface area contributed by atoms with Crippen LogP contribution in [0.2, 0.25) is 0 Å². The minimum absolute atomic E-state index is 0.0484. The highest BCUT2D eigenvalue weighted by molar-refractivity contribution is 5.88. The zero-order valence-corrected chi connectivity index (χ0v) is 12.9. The smallest absolute Gasteiger partial charge is 0.223 e. The lowest BCUT2D eigenvalue weighted by atomic mass is 9.81. The molecular formula is C18H22N2O. The number of hydrogen-bond acceptors (Lipinski definition) is 1. The molecule has 0 radical (unpaired) electrons. The summed E-state index contributed by atoms with van der Waals surface area (Å²) in [6.07, 6.45) is 4.88. The van der Waals surface area contributed by atoms with E-state index in [1.54, 1.807) is 0 Å². The molecule has 0 saturated carbocycles. The maximum Gasteiger partial charge on any atom is 0.223 e. The number of aryl methyl sites for hydroxylation is 1. The third-order valence-electron chi connectivity index (χ3n) is 5.47. The molecule has 0 bridgehead atoms. The summed E-state index contributed by atoms with van der Waals surface area (Å²) in [4.78, 5) is 14.5. The number of para-hydroxylation sites is 1. The fourth-order valence-electron chi connectivity index (χ4n) is 4.74. The molecular weight excluding hydrogens is 260 g/mol. The van der Waals surface area contributed by atoms with Crippen molar-refractivity contribution in [3.8, 4) is 0 Å². The van der Waals surface area contributed by atoms with Crippen molar-refractivity contribution in [3.63, 3.8) is 0 Å². The summed E-state index contributed by atoms with van der Waals surface area (Å²) >= 11 is 0. The number of rotatable bonds is 2. The Kier molecular flexibility index (Phi) is 2.69. The molecule has 4 rings (SSSR count). The Hall–Kier alpha value is -1.77. The van der Waals surface area contributed by atoms with Gasteiger partial charge >= 0.3 is 0 Å². The molecule has 0 spiro atoms. The lowest BCUT2D eigenvalue weighted by Gasteiger charge is -2.43. The van der Waals surface area contributed by atoms with E-state index in [4.69, 9.17) is 0 Å². The van der Waals surface area contributed by atoms with E-state index < -0.39 is 0 Å². The highest BCUT2D eigenvalue weighted by Gasteiger charge is 2.50. The monoisotopic (exact) mass is 282 g/mol. The predicted molar refractivity (Wildman–Crippen MR) is 84.2 cm³/mol. The van der Waals surface area contributed by atoms with Crippen LogP contribution in [0.1, 0.15) is 43.9 Å². The van der Waals surface area contributed by atoms with Crippen LogP contribution in [0.4, 0.5) is 0 Å². The number of amides is 1. The molecule has 2 aromatic rings. The minimum Gasteiger partial charge on any atom is -0.345 e. The van der Waals surface area contributed by atoms with E-state index in [9.17, 15) is 4.79 Å². The van der Waals surface area contributed by atoms with Gasteiger partial charge in [-0.25, -0.2) is 0 Å². The van der Waals surface area contributed by atoms with Gasteiger partial charge < -0.3 is 9.47 Å². The minimum atomic E-state index is -0.0484. The van der Waals surface area contributed by atoms with Crippen molar-refractivity contribution in [3.05, 3.63) is 35.5 Å². The molecule has 1 atom stereocenters. The van der Waals surface area contributed by atoms with E-state index in [0.29, 0.717) is 12.3 Å². The van der Waals surface area contributed by atoms with Crippen molar-refractivity contribution >= 4 is 16.8 Å². The van der Waals surface area contributed by atoms with Crippen LogP contribution < -0.4 is 0 Å². The summed E-state index contributed by atoms with van der Waals surface area (Å²) in [5.41, 5.74) is 4.14. The van der Waals surface area contributed by atoms with Gasteiger partial charge in [0.05, 0.1) is 5.54 Å². The molecule has 2 aliphatic rings. The van der Waals surface area contributed by atoms with Crippen molar-refractivity contribution in [2.45, 2.75) is 44.6 Å². The zero-order chi connectivity index (χ0) is 14.6. The maximum atomic E-state index is 12.3. The molecule has 1 amide bonds. The fraction of sp³-hybridized carbons (Fsp3) is 0.500. The van der Waals surface area contributed by atoms with Crippen LogP contribution in [0.5, 0.6) is 0 Å². The van der Waals surface area contributed by atoms with Crippen LogP contribution in [0.15, 0.2) is 24.3 Å². The fourth-order valence-corrected chi connectivity index (χ4v) is 4.74. The molecule has 3 heterocycles. The summed E-state index contributed by atoms with van der Waals surface area (Å²) in [7, 11) is 2.17. The first-order valence-corrected chi connectivity index (χ1v) is 8.06. The number of carbonyl (C=O) groups excluding carboxylic acids is 1. The van der Waals surface area contributed by atoms with Crippen molar-refractivity contribution in [1.29, 1.82) is 0 Å². The molecule has 0 N–H and O–H groups in total. The van der Waals surface area contributed by atoms with Crippen LogP contribution >= 0.6 is 0 Å². The maximum absolute atomic E-state index is 12.3. The number of fused-ring (bicyclic) bond motifs is 5. The van der Waals surface area contributed by atoms with E-state index in [0.717, 1.165) is 32.2 Å². The lowest BCUT2D eigenvalue weighted by molar-refractivity contribution is -0.132. The predicted octanol–water partition coefficient (Wildman–Crippen LogP) is 3.35. The van der Waals surface area contributed by atoms with Gasteiger partial charge in [0.2, 0.25) is 5.91 Å². The Morgan fingerprint density at radius 2 is 2.05 bits per heavy atom. The Labute approximate surface area is 125 Å². The molecule has 1 fully saturated rings. The molecule has 1 saturated heterocycles. The van der Waals surface area contributed by atoms with Crippen molar-refractivity contribution in [2.75, 3.05) is 6.54 Å². The molecule has 110 valence electrons. The summed E-state index contributed by atoms with van der Waals surface area (Å²) in [6.45, 7) is 3.12. The van der Waals surface area contributed by atoms with E-state index >= 15 is 0 Å². The quantitative estimate of drug-likeness (QED) is 0.829. The standard InChI is InChI=1S/C18H22N2O/c1-3-10-18-11-8-16(21)20(18)12-9-14-13-6-4-5-7-15(13)19(2)17(14)18/h4-7H,3,8-12H2,1-2H3. The molecule has 2 aliphatic heterocycles. The summed E-state index contributed by atoms with van der Waals surface area (Å²) in [5.74, 6) is 0.347. The van der Waals surface area contributed by atoms with Gasteiger partial charge in [-0.3, -0.25) is 4.79 Å². The first-order valence-electron chi connectivity index (χ1n) is 8.06. The van der Waals surface area contributed by atoms with Gasteiger partial charge in [0.25, 0.3) is 0 Å². The third kappa shape index (κ3) is 1.52. The van der Waals surface area contributed by atoms with Crippen LogP contribution in [-0.4, -0.2) is 21.9 Å². The molecule has 1 aromatic heterocycles. The molecule has 0 aliphatic carbocycles. The second-order valence-electron chi connectivity index (χ2n) is 6.48. The Bertz CT molecular complexity index is 730. The van der Waals surface area contributed by atoms with Crippen LogP contribution in [0.25, 0.3) is 10.9 Å². The van der Waals surface area contributed by atoms with E-state index in [-0.39, 0.29) is 5.54 Å². The van der Waals surface area contributed by atoms with Crippen molar-refractivity contribution in [2.24, 2.45) is 7.05 Å². The SMILES string of the molecule is CCCC12CCC(=O)N1CCc1c2n(C)c2ccccc12. The van der Waals surface area contributed by atoms with Crippen LogP contribution in [-0.2, 0) is 23.8 Å². The average molecular weight is 282 g/mol. The highest BCUT2D eigenvalue weighted by atomic mass is 16.2.